The van der Waals surface area contributed by atoms with E-state index in [0.29, 0.717) is 18.0 Å². The van der Waals surface area contributed by atoms with Crippen molar-refractivity contribution in [3.05, 3.63) is 24.0 Å². The van der Waals surface area contributed by atoms with Gasteiger partial charge in [-0.1, -0.05) is 0 Å². The molecule has 1 atom stereocenters. The predicted molar refractivity (Wildman–Crippen MR) is 80.3 cm³/mol. The molecule has 21 heavy (non-hydrogen) atoms. The zero-order valence-corrected chi connectivity index (χ0v) is 12.3. The second-order valence-corrected chi connectivity index (χ2v) is 5.88. The van der Waals surface area contributed by atoms with Crippen LogP contribution in [0.2, 0.25) is 0 Å². The summed E-state index contributed by atoms with van der Waals surface area (Å²) in [6.07, 6.45) is 4.08. The first-order valence-corrected chi connectivity index (χ1v) is 7.77. The molecule has 0 aliphatic carbocycles. The van der Waals surface area contributed by atoms with Crippen LogP contribution in [0.15, 0.2) is 18.2 Å². The largest absolute Gasteiger partial charge is 0.491 e. The van der Waals surface area contributed by atoms with Crippen LogP contribution in [0.3, 0.4) is 0 Å². The summed E-state index contributed by atoms with van der Waals surface area (Å²) in [5.74, 6) is 0.343. The number of nitrogens with two attached hydrogens (primary N) is 1. The molecule has 1 unspecified atom stereocenters. The molecule has 1 aromatic carbocycles. The van der Waals surface area contributed by atoms with Gasteiger partial charge in [-0.25, -0.2) is 4.39 Å². The third-order valence-electron chi connectivity index (χ3n) is 4.26. The molecule has 2 N–H and O–H groups in total. The standard InChI is InChI=1S/C16H23FN2O2/c17-15-10-13(21-11-14-2-1-9-20-14)3-4-16(15)19-7-5-12(18)6-8-19/h3-4,10,12,14H,1-2,5-9,11,18H2. The Balaban J connectivity index is 1.59. The topological polar surface area (TPSA) is 47.7 Å². The van der Waals surface area contributed by atoms with E-state index in [0.717, 1.165) is 45.4 Å². The molecule has 2 fully saturated rings. The Labute approximate surface area is 125 Å². The number of halogens is 1. The highest BCUT2D eigenvalue weighted by Gasteiger charge is 2.20. The van der Waals surface area contributed by atoms with E-state index in [-0.39, 0.29) is 18.0 Å². The summed E-state index contributed by atoms with van der Waals surface area (Å²) < 4.78 is 25.4. The minimum absolute atomic E-state index is 0.149. The molecule has 0 saturated carbocycles. The fourth-order valence-corrected chi connectivity index (χ4v) is 2.94. The van der Waals surface area contributed by atoms with Crippen LogP contribution in [0.25, 0.3) is 0 Å². The molecule has 1 aromatic rings. The monoisotopic (exact) mass is 294 g/mol. The average molecular weight is 294 g/mol. The highest BCUT2D eigenvalue weighted by molar-refractivity contribution is 5.51. The van der Waals surface area contributed by atoms with Crippen molar-refractivity contribution in [1.29, 1.82) is 0 Å². The Bertz CT molecular complexity index is 469. The van der Waals surface area contributed by atoms with Crippen molar-refractivity contribution >= 4 is 5.69 Å². The number of anilines is 1. The normalized spacial score (nSPS) is 23.5. The van der Waals surface area contributed by atoms with Gasteiger partial charge in [0.1, 0.15) is 18.2 Å². The Morgan fingerprint density at radius 3 is 2.76 bits per heavy atom. The van der Waals surface area contributed by atoms with Crippen molar-refractivity contribution in [3.63, 3.8) is 0 Å². The van der Waals surface area contributed by atoms with Crippen LogP contribution in [0, 0.1) is 5.82 Å². The van der Waals surface area contributed by atoms with Gasteiger partial charge in [0.15, 0.2) is 0 Å². The summed E-state index contributed by atoms with van der Waals surface area (Å²) in [5, 5.41) is 0. The van der Waals surface area contributed by atoms with Crippen molar-refractivity contribution in [2.75, 3.05) is 31.2 Å². The fraction of sp³-hybridized carbons (Fsp3) is 0.625. The number of rotatable bonds is 4. The average Bonchev–Trinajstić information content (AvgIpc) is 3.00. The van der Waals surface area contributed by atoms with Gasteiger partial charge in [0.25, 0.3) is 0 Å². The van der Waals surface area contributed by atoms with E-state index in [2.05, 4.69) is 4.90 Å². The van der Waals surface area contributed by atoms with Crippen molar-refractivity contribution in [3.8, 4) is 5.75 Å². The lowest BCUT2D eigenvalue weighted by atomic mass is 10.1. The Morgan fingerprint density at radius 1 is 1.29 bits per heavy atom. The van der Waals surface area contributed by atoms with E-state index in [9.17, 15) is 4.39 Å². The van der Waals surface area contributed by atoms with Crippen molar-refractivity contribution in [2.45, 2.75) is 37.8 Å². The predicted octanol–water partition coefficient (Wildman–Crippen LogP) is 2.31. The van der Waals surface area contributed by atoms with Gasteiger partial charge in [-0.2, -0.15) is 0 Å². The summed E-state index contributed by atoms with van der Waals surface area (Å²) in [6, 6.07) is 5.36. The number of ether oxygens (including phenoxy) is 2. The van der Waals surface area contributed by atoms with Crippen LogP contribution < -0.4 is 15.4 Å². The molecule has 5 heteroatoms. The van der Waals surface area contributed by atoms with E-state index in [1.807, 2.05) is 6.07 Å². The van der Waals surface area contributed by atoms with Gasteiger partial charge in [-0.05, 0) is 37.8 Å². The van der Waals surface area contributed by atoms with Crippen molar-refractivity contribution < 1.29 is 13.9 Å². The molecule has 2 aliphatic rings. The summed E-state index contributed by atoms with van der Waals surface area (Å²) in [6.45, 7) is 2.93. The summed E-state index contributed by atoms with van der Waals surface area (Å²) in [5.41, 5.74) is 6.53. The van der Waals surface area contributed by atoms with Gasteiger partial charge in [0.05, 0.1) is 11.8 Å². The SMILES string of the molecule is NC1CCN(c2ccc(OCC3CCCO3)cc2F)CC1. The minimum atomic E-state index is -0.227. The molecular formula is C16H23FN2O2. The molecule has 0 radical (unpaired) electrons. The molecule has 2 heterocycles. The fourth-order valence-electron chi connectivity index (χ4n) is 2.94. The number of benzene rings is 1. The lowest BCUT2D eigenvalue weighted by molar-refractivity contribution is 0.0678. The third kappa shape index (κ3) is 3.66. The molecule has 0 aromatic heterocycles. The van der Waals surface area contributed by atoms with Crippen molar-refractivity contribution in [1.82, 2.24) is 0 Å². The molecule has 0 amide bonds. The maximum Gasteiger partial charge on any atom is 0.150 e. The van der Waals surface area contributed by atoms with Gasteiger partial charge in [-0.15, -0.1) is 0 Å². The van der Waals surface area contributed by atoms with Gasteiger partial charge in [0, 0.05) is 31.8 Å². The maximum absolute atomic E-state index is 14.2. The number of nitrogens with zero attached hydrogens (tertiary/aromatic N) is 1. The molecule has 0 spiro atoms. The molecule has 2 aliphatic heterocycles. The number of hydrogen-bond acceptors (Lipinski definition) is 4. The van der Waals surface area contributed by atoms with Crippen LogP contribution >= 0.6 is 0 Å². The van der Waals surface area contributed by atoms with E-state index in [1.165, 1.54) is 6.07 Å². The number of piperidine rings is 1. The molecule has 3 rings (SSSR count). The summed E-state index contributed by atoms with van der Waals surface area (Å²) in [4.78, 5) is 2.06. The summed E-state index contributed by atoms with van der Waals surface area (Å²) >= 11 is 0. The highest BCUT2D eigenvalue weighted by Crippen LogP contribution is 2.27. The van der Waals surface area contributed by atoms with Crippen LogP contribution in [-0.2, 0) is 4.74 Å². The lowest BCUT2D eigenvalue weighted by Gasteiger charge is -2.32. The minimum Gasteiger partial charge on any atom is -0.491 e. The maximum atomic E-state index is 14.2. The van der Waals surface area contributed by atoms with E-state index in [1.54, 1.807) is 6.07 Å². The van der Waals surface area contributed by atoms with E-state index in [4.69, 9.17) is 15.2 Å². The first-order valence-electron chi connectivity index (χ1n) is 7.77. The van der Waals surface area contributed by atoms with Crippen LogP contribution in [0.5, 0.6) is 5.75 Å². The molecule has 2 saturated heterocycles. The van der Waals surface area contributed by atoms with Crippen molar-refractivity contribution in [2.24, 2.45) is 5.73 Å². The second-order valence-electron chi connectivity index (χ2n) is 5.88. The second kappa shape index (κ2) is 6.62. The van der Waals surface area contributed by atoms with Gasteiger partial charge in [0.2, 0.25) is 0 Å². The Kier molecular flexibility index (Phi) is 4.60. The van der Waals surface area contributed by atoms with Crippen LogP contribution in [-0.4, -0.2) is 38.4 Å². The highest BCUT2D eigenvalue weighted by atomic mass is 19.1. The van der Waals surface area contributed by atoms with Gasteiger partial charge < -0.3 is 20.1 Å². The molecule has 4 nitrogen and oxygen atoms in total. The van der Waals surface area contributed by atoms with E-state index < -0.39 is 0 Å². The lowest BCUT2D eigenvalue weighted by Crippen LogP contribution is -2.40. The van der Waals surface area contributed by atoms with E-state index >= 15 is 0 Å². The van der Waals surface area contributed by atoms with Gasteiger partial charge in [-0.3, -0.25) is 0 Å². The van der Waals surface area contributed by atoms with Crippen LogP contribution in [0.4, 0.5) is 10.1 Å². The number of hydrogen-bond donors (Lipinski definition) is 1. The summed E-state index contributed by atoms with van der Waals surface area (Å²) in [7, 11) is 0. The molecular weight excluding hydrogens is 271 g/mol. The molecule has 0 bridgehead atoms. The first kappa shape index (κ1) is 14.6. The first-order chi connectivity index (χ1) is 10.2. The Hall–Kier alpha value is -1.33. The smallest absolute Gasteiger partial charge is 0.150 e. The zero-order valence-electron chi connectivity index (χ0n) is 12.3. The van der Waals surface area contributed by atoms with Crippen LogP contribution in [0.1, 0.15) is 25.7 Å². The quantitative estimate of drug-likeness (QED) is 0.926. The zero-order chi connectivity index (χ0) is 14.7. The Morgan fingerprint density at radius 2 is 2.10 bits per heavy atom. The third-order valence-corrected chi connectivity index (χ3v) is 4.26. The molecule has 116 valence electrons. The van der Waals surface area contributed by atoms with Gasteiger partial charge >= 0.3 is 0 Å².